The number of para-hydroxylation sites is 1. The number of aromatic nitrogens is 4. The molecule has 0 saturated carbocycles. The molecule has 3 aromatic heterocycles. The van der Waals surface area contributed by atoms with Crippen molar-refractivity contribution in [2.75, 3.05) is 10.6 Å². The van der Waals surface area contributed by atoms with Crippen molar-refractivity contribution < 1.29 is 20.1 Å². The van der Waals surface area contributed by atoms with E-state index < -0.39 is 17.6 Å². The molecule has 0 bridgehead atoms. The van der Waals surface area contributed by atoms with E-state index in [0.29, 0.717) is 5.39 Å². The molecule has 0 unspecified atom stereocenters. The Morgan fingerprint density at radius 1 is 1.03 bits per heavy atom. The average molecular weight is 473 g/mol. The van der Waals surface area contributed by atoms with Crippen molar-refractivity contribution in [3.8, 4) is 5.75 Å². The van der Waals surface area contributed by atoms with Gasteiger partial charge >= 0.3 is 0 Å². The predicted octanol–water partition coefficient (Wildman–Crippen LogP) is 3.83. The highest BCUT2D eigenvalue weighted by molar-refractivity contribution is 7.19. The van der Waals surface area contributed by atoms with E-state index in [1.807, 2.05) is 24.3 Å². The molecule has 170 valence electrons. The van der Waals surface area contributed by atoms with Crippen LogP contribution in [0.5, 0.6) is 5.75 Å². The first-order valence-electron chi connectivity index (χ1n) is 10.1. The van der Waals surface area contributed by atoms with Crippen LogP contribution in [0.3, 0.4) is 0 Å². The van der Waals surface area contributed by atoms with Crippen LogP contribution in [0.1, 0.15) is 15.9 Å². The summed E-state index contributed by atoms with van der Waals surface area (Å²) in [6, 6.07) is 14.2. The molecule has 5 rings (SSSR count). The average Bonchev–Trinajstić information content (AvgIpc) is 3.45. The lowest BCUT2D eigenvalue weighted by atomic mass is 10.1. The number of aliphatic hydroxyl groups excluding tert-OH is 1. The number of pyridine rings is 1. The van der Waals surface area contributed by atoms with Gasteiger partial charge in [-0.2, -0.15) is 0 Å². The van der Waals surface area contributed by atoms with Gasteiger partial charge in [-0.25, -0.2) is 0 Å². The van der Waals surface area contributed by atoms with E-state index in [-0.39, 0.29) is 33.5 Å². The molecule has 5 N–H and O–H groups in total. The zero-order valence-corrected chi connectivity index (χ0v) is 18.3. The van der Waals surface area contributed by atoms with E-state index in [1.165, 1.54) is 12.3 Å². The number of hydrogen-bond acceptors (Lipinski definition) is 9. The third kappa shape index (κ3) is 4.07. The number of allylic oxidation sites excluding steroid dienone is 1. The molecule has 0 saturated heterocycles. The van der Waals surface area contributed by atoms with Crippen LogP contribution in [-0.2, 0) is 6.42 Å². The minimum absolute atomic E-state index is 0.0659. The number of aromatic amines is 1. The van der Waals surface area contributed by atoms with Crippen LogP contribution in [0.25, 0.3) is 21.8 Å². The first kappa shape index (κ1) is 21.2. The Bertz CT molecular complexity index is 1550. The van der Waals surface area contributed by atoms with Gasteiger partial charge in [0, 0.05) is 35.3 Å². The number of benzene rings is 2. The standard InChI is InChI=1S/C23H18N6O4S/c30-19-15(8-7-12-4-3-9-24-18(12)19)20(31)27-23-29-28-22(34-23)26-17(21(32)33)10-13-11-25-16-6-2-1-5-14(13)16/h1-9,11,25,30,32-33H,10H2,(H,26,28)(H,27,29,31)/p-1. The Morgan fingerprint density at radius 3 is 2.65 bits per heavy atom. The summed E-state index contributed by atoms with van der Waals surface area (Å²) in [5.41, 5.74) is 2.03. The second kappa shape index (κ2) is 8.71. The molecule has 0 atom stereocenters. The Morgan fingerprint density at radius 2 is 1.82 bits per heavy atom. The molecule has 3 heterocycles. The zero-order valence-electron chi connectivity index (χ0n) is 17.4. The second-order valence-corrected chi connectivity index (χ2v) is 8.32. The Labute approximate surface area is 196 Å². The van der Waals surface area contributed by atoms with E-state index in [2.05, 4.69) is 30.8 Å². The van der Waals surface area contributed by atoms with Crippen molar-refractivity contribution in [2.45, 2.75) is 6.42 Å². The maximum absolute atomic E-state index is 12.6. The van der Waals surface area contributed by atoms with Gasteiger partial charge in [-0.1, -0.05) is 47.4 Å². The zero-order chi connectivity index (χ0) is 23.7. The quantitative estimate of drug-likeness (QED) is 0.233. The number of nitrogens with zero attached hydrogens (tertiary/aromatic N) is 3. The Balaban J connectivity index is 1.32. The summed E-state index contributed by atoms with van der Waals surface area (Å²) in [4.78, 5) is 19.8. The summed E-state index contributed by atoms with van der Waals surface area (Å²) in [5.74, 6) is -2.00. The number of carbonyl (C=O) groups excluding carboxylic acids is 1. The fourth-order valence-electron chi connectivity index (χ4n) is 3.56. The highest BCUT2D eigenvalue weighted by Gasteiger charge is 2.16. The molecule has 0 spiro atoms. The van der Waals surface area contributed by atoms with Gasteiger partial charge in [-0.05, 0) is 29.1 Å². The van der Waals surface area contributed by atoms with Crippen LogP contribution in [0.4, 0.5) is 10.3 Å². The molecule has 34 heavy (non-hydrogen) atoms. The molecule has 11 heteroatoms. The van der Waals surface area contributed by atoms with E-state index in [0.717, 1.165) is 27.8 Å². The number of rotatable bonds is 6. The van der Waals surface area contributed by atoms with Crippen molar-refractivity contribution in [2.24, 2.45) is 0 Å². The molecule has 2 aromatic carbocycles. The van der Waals surface area contributed by atoms with Gasteiger partial charge in [-0.15, -0.1) is 10.2 Å². The first-order valence-corrected chi connectivity index (χ1v) is 10.9. The molecule has 1 amide bonds. The monoisotopic (exact) mass is 473 g/mol. The molecule has 0 fully saturated rings. The van der Waals surface area contributed by atoms with Crippen LogP contribution >= 0.6 is 11.3 Å². The van der Waals surface area contributed by atoms with Crippen LogP contribution in [-0.4, -0.2) is 36.3 Å². The number of anilines is 2. The number of aliphatic hydroxyl groups is 2. The highest BCUT2D eigenvalue weighted by Crippen LogP contribution is 2.28. The predicted molar refractivity (Wildman–Crippen MR) is 127 cm³/mol. The molecule has 0 aliphatic rings. The molecule has 0 aliphatic heterocycles. The van der Waals surface area contributed by atoms with Crippen LogP contribution in [0, 0.1) is 0 Å². The minimum atomic E-state index is -0.884. The highest BCUT2D eigenvalue weighted by atomic mass is 32.1. The number of fused-ring (bicyclic) bond motifs is 2. The molecule has 0 aliphatic carbocycles. The molecular formula is C23H17N6O4S-. The van der Waals surface area contributed by atoms with Crippen molar-refractivity contribution in [1.82, 2.24) is 20.2 Å². The second-order valence-electron chi connectivity index (χ2n) is 7.35. The van der Waals surface area contributed by atoms with Gasteiger partial charge in [-0.3, -0.25) is 15.1 Å². The molecule has 10 nitrogen and oxygen atoms in total. The fraction of sp³-hybridized carbons (Fsp3) is 0.0435. The Kier molecular flexibility index (Phi) is 5.44. The largest absolute Gasteiger partial charge is 0.870 e. The van der Waals surface area contributed by atoms with Gasteiger partial charge in [0.1, 0.15) is 5.70 Å². The van der Waals surface area contributed by atoms with E-state index in [9.17, 15) is 20.1 Å². The lowest BCUT2D eigenvalue weighted by Gasteiger charge is -2.14. The summed E-state index contributed by atoms with van der Waals surface area (Å²) in [7, 11) is 0. The summed E-state index contributed by atoms with van der Waals surface area (Å²) in [5, 5.41) is 47.3. The van der Waals surface area contributed by atoms with Crippen molar-refractivity contribution in [1.29, 1.82) is 0 Å². The third-order valence-corrected chi connectivity index (χ3v) is 5.94. The van der Waals surface area contributed by atoms with Gasteiger partial charge < -0.3 is 25.6 Å². The van der Waals surface area contributed by atoms with E-state index in [4.69, 9.17) is 0 Å². The molecular weight excluding hydrogens is 456 g/mol. The lowest BCUT2D eigenvalue weighted by molar-refractivity contribution is -0.266. The number of hydrogen-bond donors (Lipinski definition) is 5. The summed E-state index contributed by atoms with van der Waals surface area (Å²) in [6.45, 7) is 0. The summed E-state index contributed by atoms with van der Waals surface area (Å²) < 4.78 is 0. The normalized spacial score (nSPS) is 10.9. The molecule has 0 radical (unpaired) electrons. The Hall–Kier alpha value is -4.64. The van der Waals surface area contributed by atoms with E-state index >= 15 is 0 Å². The van der Waals surface area contributed by atoms with Crippen molar-refractivity contribution in [3.63, 3.8) is 0 Å². The summed E-state index contributed by atoms with van der Waals surface area (Å²) >= 11 is 0.980. The lowest BCUT2D eigenvalue weighted by Crippen LogP contribution is -2.14. The maximum atomic E-state index is 12.6. The first-order chi connectivity index (χ1) is 16.5. The topological polar surface area (TPSA) is 159 Å². The third-order valence-electron chi connectivity index (χ3n) is 5.19. The smallest absolute Gasteiger partial charge is 0.294 e. The van der Waals surface area contributed by atoms with Gasteiger partial charge in [0.15, 0.2) is 0 Å². The number of amides is 1. The van der Waals surface area contributed by atoms with Crippen molar-refractivity contribution in [3.05, 3.63) is 83.7 Å². The van der Waals surface area contributed by atoms with Crippen LogP contribution in [0.15, 0.2) is 72.6 Å². The SMILES string of the molecule is O=C(Nc1nnc(NC(Cc2c[nH]c3ccccc23)=C(O)O)s1)c1ccc2cccnc2c1[O-]. The van der Waals surface area contributed by atoms with Gasteiger partial charge in [0.05, 0.1) is 5.52 Å². The van der Waals surface area contributed by atoms with Gasteiger partial charge in [0.2, 0.25) is 10.3 Å². The number of nitrogens with one attached hydrogen (secondary N) is 3. The molecule has 5 aromatic rings. The minimum Gasteiger partial charge on any atom is -0.870 e. The van der Waals surface area contributed by atoms with Crippen LogP contribution in [0.2, 0.25) is 0 Å². The maximum Gasteiger partial charge on any atom is 0.294 e. The fourth-order valence-corrected chi connectivity index (χ4v) is 4.23. The van der Waals surface area contributed by atoms with Crippen LogP contribution < -0.4 is 15.7 Å². The van der Waals surface area contributed by atoms with Crippen molar-refractivity contribution >= 4 is 49.3 Å². The summed E-state index contributed by atoms with van der Waals surface area (Å²) in [6.07, 6.45) is 3.48. The number of carbonyl (C=O) groups is 1. The van der Waals surface area contributed by atoms with E-state index in [1.54, 1.807) is 24.4 Å². The van der Waals surface area contributed by atoms with Gasteiger partial charge in [0.25, 0.3) is 11.9 Å². The number of H-pyrrole nitrogens is 1.